The van der Waals surface area contributed by atoms with Gasteiger partial charge < -0.3 is 10.4 Å². The monoisotopic (exact) mass is 502 g/mol. The Balaban J connectivity index is 1.62. The second-order valence-corrected chi connectivity index (χ2v) is 11.2. The van der Waals surface area contributed by atoms with Crippen LogP contribution in [0.2, 0.25) is 15.1 Å². The lowest BCUT2D eigenvalue weighted by Crippen LogP contribution is -2.25. The van der Waals surface area contributed by atoms with Crippen molar-refractivity contribution in [1.82, 2.24) is 0 Å². The predicted molar refractivity (Wildman–Crippen MR) is 124 cm³/mol. The predicted octanol–water partition coefficient (Wildman–Crippen LogP) is 5.07. The number of nitrogens with one attached hydrogen (secondary N) is 1. The number of sulfonamides is 1. The summed E-state index contributed by atoms with van der Waals surface area (Å²) in [5, 5.41) is 13.2. The third-order valence-electron chi connectivity index (χ3n) is 5.70. The summed E-state index contributed by atoms with van der Waals surface area (Å²) in [6.45, 7) is 0.326. The standard InChI is InChI=1S/C21H21Cl3N2O4S/c22-14-6-13(12-2-3-17(27)8-12)7-15(9-14)25-21(28)18-10-16(11-19(23)20(18)24)26-4-1-5-31(26,29)30/h6-7,9-12,17,27H,1-5,8H2,(H,25,28). The minimum Gasteiger partial charge on any atom is -0.393 e. The number of hydrogen-bond acceptors (Lipinski definition) is 4. The normalized spacial score (nSPS) is 22.6. The zero-order chi connectivity index (χ0) is 22.3. The molecule has 1 saturated heterocycles. The fraction of sp³-hybridized carbons (Fsp3) is 0.381. The van der Waals surface area contributed by atoms with Crippen LogP contribution in [0.15, 0.2) is 30.3 Å². The van der Waals surface area contributed by atoms with Gasteiger partial charge in [-0.25, -0.2) is 8.42 Å². The van der Waals surface area contributed by atoms with Gasteiger partial charge in [0.25, 0.3) is 5.91 Å². The molecule has 1 saturated carbocycles. The van der Waals surface area contributed by atoms with Crippen LogP contribution in [0.3, 0.4) is 0 Å². The molecule has 166 valence electrons. The first kappa shape index (κ1) is 22.7. The highest BCUT2D eigenvalue weighted by molar-refractivity contribution is 7.93. The van der Waals surface area contributed by atoms with Crippen LogP contribution in [0.5, 0.6) is 0 Å². The maximum absolute atomic E-state index is 13.0. The van der Waals surface area contributed by atoms with Gasteiger partial charge in [-0.3, -0.25) is 9.10 Å². The molecule has 1 amide bonds. The van der Waals surface area contributed by atoms with Crippen LogP contribution >= 0.6 is 34.8 Å². The van der Waals surface area contributed by atoms with Gasteiger partial charge in [-0.1, -0.05) is 34.8 Å². The highest BCUT2D eigenvalue weighted by atomic mass is 35.5. The lowest BCUT2D eigenvalue weighted by atomic mass is 9.97. The van der Waals surface area contributed by atoms with Gasteiger partial charge in [0.05, 0.1) is 33.2 Å². The minimum atomic E-state index is -3.43. The van der Waals surface area contributed by atoms with Crippen molar-refractivity contribution in [1.29, 1.82) is 0 Å². The summed E-state index contributed by atoms with van der Waals surface area (Å²) in [5.74, 6) is -0.299. The van der Waals surface area contributed by atoms with Crippen molar-refractivity contribution in [3.63, 3.8) is 0 Å². The number of rotatable bonds is 4. The minimum absolute atomic E-state index is 0.0423. The smallest absolute Gasteiger partial charge is 0.257 e. The van der Waals surface area contributed by atoms with E-state index in [-0.39, 0.29) is 33.4 Å². The van der Waals surface area contributed by atoms with Crippen molar-refractivity contribution in [3.8, 4) is 0 Å². The fourth-order valence-corrected chi connectivity index (χ4v) is 6.39. The van der Waals surface area contributed by atoms with Crippen molar-refractivity contribution in [2.24, 2.45) is 0 Å². The van der Waals surface area contributed by atoms with Gasteiger partial charge in [0.1, 0.15) is 0 Å². The van der Waals surface area contributed by atoms with E-state index in [9.17, 15) is 18.3 Å². The summed E-state index contributed by atoms with van der Waals surface area (Å²) in [6, 6.07) is 8.18. The number of amides is 1. The largest absolute Gasteiger partial charge is 0.393 e. The molecule has 0 aromatic heterocycles. The molecular weight excluding hydrogens is 483 g/mol. The first-order valence-corrected chi connectivity index (χ1v) is 12.7. The number of aliphatic hydroxyl groups is 1. The van der Waals surface area contributed by atoms with Crippen LogP contribution in [0.25, 0.3) is 0 Å². The second kappa shape index (κ2) is 8.79. The molecule has 2 aromatic rings. The number of hydrogen-bond donors (Lipinski definition) is 2. The van der Waals surface area contributed by atoms with Crippen LogP contribution in [-0.4, -0.2) is 37.8 Å². The molecule has 6 nitrogen and oxygen atoms in total. The molecule has 2 N–H and O–H groups in total. The number of halogens is 3. The van der Waals surface area contributed by atoms with E-state index in [2.05, 4.69) is 5.32 Å². The number of nitrogens with zero attached hydrogens (tertiary/aromatic N) is 1. The van der Waals surface area contributed by atoms with Crippen LogP contribution in [0.4, 0.5) is 11.4 Å². The lowest BCUT2D eigenvalue weighted by molar-refractivity contribution is 0.102. The zero-order valence-corrected chi connectivity index (χ0v) is 19.5. The average molecular weight is 504 g/mol. The highest BCUT2D eigenvalue weighted by Crippen LogP contribution is 2.38. The van der Waals surface area contributed by atoms with Gasteiger partial charge in [-0.05, 0) is 67.5 Å². The molecule has 1 aliphatic carbocycles. The summed E-state index contributed by atoms with van der Waals surface area (Å²) < 4.78 is 25.8. The summed E-state index contributed by atoms with van der Waals surface area (Å²) in [6.07, 6.45) is 2.42. The Kier molecular flexibility index (Phi) is 6.43. The van der Waals surface area contributed by atoms with E-state index in [1.807, 2.05) is 12.1 Å². The summed E-state index contributed by atoms with van der Waals surface area (Å²) in [7, 11) is -3.43. The van der Waals surface area contributed by atoms with E-state index in [1.54, 1.807) is 6.07 Å². The topological polar surface area (TPSA) is 86.7 Å². The Morgan fingerprint density at radius 1 is 1.10 bits per heavy atom. The van der Waals surface area contributed by atoms with Gasteiger partial charge in [0.2, 0.25) is 10.0 Å². The molecule has 1 aliphatic heterocycles. The third-order valence-corrected chi connectivity index (χ3v) is 8.59. The molecule has 0 bridgehead atoms. The molecule has 10 heteroatoms. The lowest BCUT2D eigenvalue weighted by Gasteiger charge is -2.19. The fourth-order valence-electron chi connectivity index (χ4n) is 4.19. The summed E-state index contributed by atoms with van der Waals surface area (Å²) in [4.78, 5) is 13.0. The number of aliphatic hydroxyl groups excluding tert-OH is 1. The van der Waals surface area contributed by atoms with E-state index in [1.165, 1.54) is 16.4 Å². The zero-order valence-electron chi connectivity index (χ0n) is 16.4. The van der Waals surface area contributed by atoms with Crippen molar-refractivity contribution >= 4 is 62.1 Å². The Labute approximate surface area is 196 Å². The van der Waals surface area contributed by atoms with Gasteiger partial charge in [0, 0.05) is 17.3 Å². The Morgan fingerprint density at radius 3 is 2.52 bits per heavy atom. The average Bonchev–Trinajstić information content (AvgIpc) is 3.28. The Hall–Kier alpha value is -1.51. The summed E-state index contributed by atoms with van der Waals surface area (Å²) in [5.41, 5.74) is 1.81. The van der Waals surface area contributed by atoms with E-state index in [0.29, 0.717) is 35.8 Å². The van der Waals surface area contributed by atoms with Gasteiger partial charge >= 0.3 is 0 Å². The molecule has 2 aliphatic rings. The maximum atomic E-state index is 13.0. The van der Waals surface area contributed by atoms with Gasteiger partial charge in [-0.2, -0.15) is 0 Å². The number of anilines is 2. The molecular formula is C21H21Cl3N2O4S. The molecule has 2 atom stereocenters. The van der Waals surface area contributed by atoms with E-state index < -0.39 is 15.9 Å². The van der Waals surface area contributed by atoms with Crippen molar-refractivity contribution in [3.05, 3.63) is 56.5 Å². The second-order valence-electron chi connectivity index (χ2n) is 7.92. The summed E-state index contributed by atoms with van der Waals surface area (Å²) >= 11 is 18.7. The number of benzene rings is 2. The van der Waals surface area contributed by atoms with Gasteiger partial charge in [0.15, 0.2) is 0 Å². The van der Waals surface area contributed by atoms with Crippen LogP contribution < -0.4 is 9.62 Å². The Morgan fingerprint density at radius 2 is 1.87 bits per heavy atom. The molecule has 31 heavy (non-hydrogen) atoms. The number of carbonyl (C=O) groups is 1. The molecule has 2 aromatic carbocycles. The first-order chi connectivity index (χ1) is 14.6. The molecule has 1 heterocycles. The SMILES string of the molecule is O=C(Nc1cc(Cl)cc(C2CCC(O)C2)c1)c1cc(N2CCCS2(=O)=O)cc(Cl)c1Cl. The highest BCUT2D eigenvalue weighted by Gasteiger charge is 2.30. The van der Waals surface area contributed by atoms with Crippen molar-refractivity contribution in [2.45, 2.75) is 37.7 Å². The van der Waals surface area contributed by atoms with E-state index >= 15 is 0 Å². The van der Waals surface area contributed by atoms with Crippen LogP contribution in [0.1, 0.15) is 47.5 Å². The molecule has 2 unspecified atom stereocenters. The van der Waals surface area contributed by atoms with Crippen molar-refractivity contribution < 1.29 is 18.3 Å². The quantitative estimate of drug-likeness (QED) is 0.610. The maximum Gasteiger partial charge on any atom is 0.257 e. The Bertz CT molecular complexity index is 1140. The van der Waals surface area contributed by atoms with E-state index in [4.69, 9.17) is 34.8 Å². The van der Waals surface area contributed by atoms with E-state index in [0.717, 1.165) is 18.4 Å². The van der Waals surface area contributed by atoms with Gasteiger partial charge in [-0.15, -0.1) is 0 Å². The molecule has 0 spiro atoms. The number of carbonyl (C=O) groups excluding carboxylic acids is 1. The molecule has 4 rings (SSSR count). The van der Waals surface area contributed by atoms with Crippen molar-refractivity contribution in [2.75, 3.05) is 21.9 Å². The molecule has 0 radical (unpaired) electrons. The first-order valence-electron chi connectivity index (χ1n) is 9.93. The van der Waals surface area contributed by atoms with Crippen LogP contribution in [0, 0.1) is 0 Å². The molecule has 2 fully saturated rings. The van der Waals surface area contributed by atoms with Crippen LogP contribution in [-0.2, 0) is 10.0 Å². The third kappa shape index (κ3) is 4.81.